The van der Waals surface area contributed by atoms with Gasteiger partial charge in [0.15, 0.2) is 0 Å². The number of anilines is 1. The molecule has 0 bridgehead atoms. The number of ether oxygens (including phenoxy) is 1. The lowest BCUT2D eigenvalue weighted by atomic mass is 10.3. The summed E-state index contributed by atoms with van der Waals surface area (Å²) in [7, 11) is 0. The van der Waals surface area contributed by atoms with Crippen molar-refractivity contribution in [1.29, 1.82) is 0 Å². The van der Waals surface area contributed by atoms with Gasteiger partial charge in [-0.1, -0.05) is 31.9 Å². The summed E-state index contributed by atoms with van der Waals surface area (Å²) in [5.41, 5.74) is 0.466. The number of hydrogen-bond donors (Lipinski definition) is 1. The van der Waals surface area contributed by atoms with Crippen molar-refractivity contribution in [3.63, 3.8) is 0 Å². The Morgan fingerprint density at radius 1 is 1.00 bits per heavy atom. The lowest BCUT2D eigenvalue weighted by Crippen LogP contribution is -2.12. The van der Waals surface area contributed by atoms with Gasteiger partial charge < -0.3 is 10.1 Å². The molecule has 0 unspecified atom stereocenters. The highest BCUT2D eigenvalue weighted by Crippen LogP contribution is 2.20. The monoisotopic (exact) mass is 387 g/mol. The molecule has 19 heavy (non-hydrogen) atoms. The zero-order valence-corrected chi connectivity index (χ0v) is 13.2. The van der Waals surface area contributed by atoms with Crippen LogP contribution >= 0.6 is 31.9 Å². The summed E-state index contributed by atoms with van der Waals surface area (Å²) < 4.78 is 20.8. The van der Waals surface area contributed by atoms with Crippen molar-refractivity contribution in [3.8, 4) is 5.75 Å². The quantitative estimate of drug-likeness (QED) is 0.740. The van der Waals surface area contributed by atoms with Gasteiger partial charge >= 0.3 is 0 Å². The van der Waals surface area contributed by atoms with E-state index in [0.29, 0.717) is 18.8 Å². The van der Waals surface area contributed by atoms with Crippen LogP contribution in [0.15, 0.2) is 51.4 Å². The molecule has 2 rings (SSSR count). The number of rotatable bonds is 5. The smallest absolute Gasteiger partial charge is 0.146 e. The number of hydrogen-bond acceptors (Lipinski definition) is 2. The van der Waals surface area contributed by atoms with Gasteiger partial charge in [-0.15, -0.1) is 0 Å². The van der Waals surface area contributed by atoms with Gasteiger partial charge in [-0.25, -0.2) is 4.39 Å². The second-order valence-corrected chi connectivity index (χ2v) is 5.68. The van der Waals surface area contributed by atoms with Crippen molar-refractivity contribution in [3.05, 3.63) is 57.2 Å². The van der Waals surface area contributed by atoms with Gasteiger partial charge in [-0.2, -0.15) is 0 Å². The van der Waals surface area contributed by atoms with E-state index in [1.807, 2.05) is 24.3 Å². The van der Waals surface area contributed by atoms with Gasteiger partial charge in [0, 0.05) is 15.5 Å². The SMILES string of the molecule is Fc1ccc(Br)cc1NCCOc1ccc(Br)cc1. The second-order valence-electron chi connectivity index (χ2n) is 3.85. The maximum atomic E-state index is 13.4. The van der Waals surface area contributed by atoms with E-state index in [2.05, 4.69) is 37.2 Å². The molecular weight excluding hydrogens is 377 g/mol. The average Bonchev–Trinajstić information content (AvgIpc) is 2.40. The molecule has 0 aliphatic rings. The van der Waals surface area contributed by atoms with Gasteiger partial charge in [0.25, 0.3) is 0 Å². The predicted molar refractivity (Wildman–Crippen MR) is 82.2 cm³/mol. The first-order valence-electron chi connectivity index (χ1n) is 5.72. The van der Waals surface area contributed by atoms with Crippen LogP contribution in [0.1, 0.15) is 0 Å². The third-order valence-corrected chi connectivity index (χ3v) is 3.45. The van der Waals surface area contributed by atoms with Crippen molar-refractivity contribution in [2.24, 2.45) is 0 Å². The van der Waals surface area contributed by atoms with Crippen LogP contribution < -0.4 is 10.1 Å². The third kappa shape index (κ3) is 4.51. The number of benzene rings is 2. The molecule has 2 aromatic carbocycles. The largest absolute Gasteiger partial charge is 0.492 e. The first-order chi connectivity index (χ1) is 9.15. The van der Waals surface area contributed by atoms with Gasteiger partial charge in [0.1, 0.15) is 18.2 Å². The minimum atomic E-state index is -0.271. The minimum absolute atomic E-state index is 0.271. The summed E-state index contributed by atoms with van der Waals surface area (Å²) in [5, 5.41) is 3.00. The van der Waals surface area contributed by atoms with Crippen LogP contribution in [0.5, 0.6) is 5.75 Å². The molecule has 0 saturated carbocycles. The standard InChI is InChI=1S/C14H12Br2FNO/c15-10-1-4-12(5-2-10)19-8-7-18-14-9-11(16)3-6-13(14)17/h1-6,9,18H,7-8H2. The zero-order valence-electron chi connectivity index (χ0n) is 10.00. The van der Waals surface area contributed by atoms with E-state index in [1.165, 1.54) is 6.07 Å². The van der Waals surface area contributed by atoms with E-state index in [1.54, 1.807) is 12.1 Å². The molecule has 0 spiro atoms. The van der Waals surface area contributed by atoms with E-state index >= 15 is 0 Å². The molecule has 5 heteroatoms. The number of halogens is 3. The molecule has 100 valence electrons. The molecule has 0 saturated heterocycles. The molecule has 1 N–H and O–H groups in total. The van der Waals surface area contributed by atoms with Crippen LogP contribution in [-0.4, -0.2) is 13.2 Å². The fraction of sp³-hybridized carbons (Fsp3) is 0.143. The molecule has 0 aliphatic heterocycles. The third-order valence-electron chi connectivity index (χ3n) is 2.43. The molecule has 0 heterocycles. The summed E-state index contributed by atoms with van der Waals surface area (Å²) in [5.74, 6) is 0.520. The fourth-order valence-corrected chi connectivity index (χ4v) is 2.14. The fourth-order valence-electron chi connectivity index (χ4n) is 1.52. The maximum Gasteiger partial charge on any atom is 0.146 e. The molecule has 0 atom stereocenters. The molecule has 0 fully saturated rings. The molecule has 0 aromatic heterocycles. The average molecular weight is 389 g/mol. The molecule has 2 aromatic rings. The van der Waals surface area contributed by atoms with Crippen LogP contribution in [0.4, 0.5) is 10.1 Å². The summed E-state index contributed by atoms with van der Waals surface area (Å²) in [6.45, 7) is 0.997. The molecule has 0 radical (unpaired) electrons. The zero-order chi connectivity index (χ0) is 13.7. The predicted octanol–water partition coefficient (Wildman–Crippen LogP) is 4.84. The minimum Gasteiger partial charge on any atom is -0.492 e. The van der Waals surface area contributed by atoms with Gasteiger partial charge in [-0.05, 0) is 42.5 Å². The Morgan fingerprint density at radius 3 is 2.42 bits per heavy atom. The van der Waals surface area contributed by atoms with Crippen molar-refractivity contribution < 1.29 is 9.13 Å². The first-order valence-corrected chi connectivity index (χ1v) is 7.31. The molecule has 0 aliphatic carbocycles. The van der Waals surface area contributed by atoms with Crippen LogP contribution in [0.25, 0.3) is 0 Å². The molecule has 0 amide bonds. The van der Waals surface area contributed by atoms with Crippen molar-refractivity contribution >= 4 is 37.5 Å². The van der Waals surface area contributed by atoms with E-state index in [9.17, 15) is 4.39 Å². The molecular formula is C14H12Br2FNO. The van der Waals surface area contributed by atoms with Crippen LogP contribution in [0.2, 0.25) is 0 Å². The summed E-state index contributed by atoms with van der Waals surface area (Å²) in [6, 6.07) is 12.4. The second kappa shape index (κ2) is 6.91. The van der Waals surface area contributed by atoms with Gasteiger partial charge in [0.05, 0.1) is 5.69 Å². The van der Waals surface area contributed by atoms with Crippen LogP contribution in [-0.2, 0) is 0 Å². The topological polar surface area (TPSA) is 21.3 Å². The van der Waals surface area contributed by atoms with E-state index in [-0.39, 0.29) is 5.82 Å². The van der Waals surface area contributed by atoms with E-state index in [4.69, 9.17) is 4.74 Å². The lowest BCUT2D eigenvalue weighted by molar-refractivity contribution is 0.332. The van der Waals surface area contributed by atoms with E-state index in [0.717, 1.165) is 14.7 Å². The lowest BCUT2D eigenvalue weighted by Gasteiger charge is -2.09. The summed E-state index contributed by atoms with van der Waals surface area (Å²) in [4.78, 5) is 0. The van der Waals surface area contributed by atoms with Crippen LogP contribution in [0.3, 0.4) is 0 Å². The first kappa shape index (κ1) is 14.3. The molecule has 2 nitrogen and oxygen atoms in total. The highest BCUT2D eigenvalue weighted by molar-refractivity contribution is 9.10. The Morgan fingerprint density at radius 2 is 1.68 bits per heavy atom. The van der Waals surface area contributed by atoms with E-state index < -0.39 is 0 Å². The van der Waals surface area contributed by atoms with Crippen molar-refractivity contribution in [2.45, 2.75) is 0 Å². The summed E-state index contributed by atoms with van der Waals surface area (Å²) >= 11 is 6.66. The maximum absolute atomic E-state index is 13.4. The highest BCUT2D eigenvalue weighted by Gasteiger charge is 2.01. The highest BCUT2D eigenvalue weighted by atomic mass is 79.9. The Kier molecular flexibility index (Phi) is 5.22. The Hall–Kier alpha value is -1.07. The van der Waals surface area contributed by atoms with Crippen molar-refractivity contribution in [1.82, 2.24) is 0 Å². The Bertz CT molecular complexity index is 546. The Balaban J connectivity index is 1.80. The van der Waals surface area contributed by atoms with Crippen molar-refractivity contribution in [2.75, 3.05) is 18.5 Å². The van der Waals surface area contributed by atoms with Gasteiger partial charge in [-0.3, -0.25) is 0 Å². The van der Waals surface area contributed by atoms with Crippen LogP contribution in [0, 0.1) is 5.82 Å². The van der Waals surface area contributed by atoms with Gasteiger partial charge in [0.2, 0.25) is 0 Å². The number of nitrogens with one attached hydrogen (secondary N) is 1. The summed E-state index contributed by atoms with van der Waals surface area (Å²) in [6.07, 6.45) is 0. The normalized spacial score (nSPS) is 10.3. The Labute approximate surface area is 128 Å².